The minimum absolute atomic E-state index is 1.40. The van der Waals surface area contributed by atoms with Crippen LogP contribution in [0, 0.1) is 12.3 Å². The fourth-order valence-electron chi connectivity index (χ4n) is 0. The van der Waals surface area contributed by atoms with E-state index in [9.17, 15) is 0 Å². The largest absolute Gasteiger partial charge is 0.394 e. The van der Waals surface area contributed by atoms with Crippen molar-refractivity contribution in [3.05, 3.63) is 12.7 Å². The molecule has 0 unspecified atom stereocenters. The Labute approximate surface area is 53.8 Å². The fourth-order valence-corrected chi connectivity index (χ4v) is 0. The lowest BCUT2D eigenvalue weighted by atomic mass is 10.7. The van der Waals surface area contributed by atoms with Crippen LogP contribution >= 0.6 is 0 Å². The Kier molecular flexibility index (Phi) is 6.51. The monoisotopic (exact) mass is 150 g/mol. The molecular weight excluding hydrogens is 144 g/mol. The first-order valence-electron chi connectivity index (χ1n) is 1.68. The van der Waals surface area contributed by atoms with Crippen LogP contribution in [-0.2, 0) is 10.4 Å². The van der Waals surface area contributed by atoms with Gasteiger partial charge in [-0.05, 0) is 6.08 Å². The van der Waals surface area contributed by atoms with Crippen LogP contribution in [0.4, 0.5) is 0 Å². The van der Waals surface area contributed by atoms with Gasteiger partial charge in [0.1, 0.15) is 0 Å². The summed E-state index contributed by atoms with van der Waals surface area (Å²) in [6.45, 7) is 3.24. The summed E-state index contributed by atoms with van der Waals surface area (Å²) >= 11 is 0. The second kappa shape index (κ2) is 5.31. The maximum Gasteiger partial charge on any atom is 0.394 e. The Hall–Kier alpha value is -0.830. The van der Waals surface area contributed by atoms with Crippen molar-refractivity contribution in [2.75, 3.05) is 0 Å². The predicted molar refractivity (Wildman–Crippen MR) is 33.2 cm³/mol. The van der Waals surface area contributed by atoms with E-state index < -0.39 is 10.4 Å². The molecule has 0 aromatic carbocycles. The SMILES string of the molecule is C#CC=C.O=S(=O)(O)O. The van der Waals surface area contributed by atoms with E-state index in [-0.39, 0.29) is 0 Å². The molecule has 0 spiro atoms. The van der Waals surface area contributed by atoms with E-state index in [1.165, 1.54) is 6.08 Å². The smallest absolute Gasteiger partial charge is 0.264 e. The molecule has 5 heteroatoms. The highest BCUT2D eigenvalue weighted by atomic mass is 32.3. The van der Waals surface area contributed by atoms with Crippen molar-refractivity contribution in [3.63, 3.8) is 0 Å². The van der Waals surface area contributed by atoms with Crippen LogP contribution < -0.4 is 0 Å². The minimum Gasteiger partial charge on any atom is -0.264 e. The molecular formula is C4H6O4S. The van der Waals surface area contributed by atoms with E-state index in [2.05, 4.69) is 18.9 Å². The third-order valence-corrected chi connectivity index (χ3v) is 0.118. The highest BCUT2D eigenvalue weighted by Gasteiger charge is 1.84. The van der Waals surface area contributed by atoms with Gasteiger partial charge in [0.15, 0.2) is 0 Å². The molecule has 0 aromatic heterocycles. The topological polar surface area (TPSA) is 74.6 Å². The molecule has 52 valence electrons. The second-order valence-electron chi connectivity index (χ2n) is 0.819. The molecule has 0 bridgehead atoms. The van der Waals surface area contributed by atoms with Gasteiger partial charge in [-0.2, -0.15) is 8.42 Å². The molecule has 0 rings (SSSR count). The van der Waals surface area contributed by atoms with Gasteiger partial charge in [-0.15, -0.1) is 6.42 Å². The van der Waals surface area contributed by atoms with Gasteiger partial charge in [0, 0.05) is 0 Å². The molecule has 0 fully saturated rings. The number of hydrogen-bond acceptors (Lipinski definition) is 2. The van der Waals surface area contributed by atoms with Crippen LogP contribution in [-0.4, -0.2) is 17.5 Å². The Bertz CT molecular complexity index is 187. The Morgan fingerprint density at radius 2 is 1.67 bits per heavy atom. The molecule has 0 aliphatic rings. The summed E-state index contributed by atoms with van der Waals surface area (Å²) in [5.41, 5.74) is 0. The predicted octanol–water partition coefficient (Wildman–Crippen LogP) is 0.153. The van der Waals surface area contributed by atoms with Gasteiger partial charge < -0.3 is 0 Å². The molecule has 4 nitrogen and oxygen atoms in total. The van der Waals surface area contributed by atoms with Crippen molar-refractivity contribution in [3.8, 4) is 12.3 Å². The summed E-state index contributed by atoms with van der Waals surface area (Å²) in [5.74, 6) is 2.19. The average Bonchev–Trinajstić information content (AvgIpc) is 1.61. The summed E-state index contributed by atoms with van der Waals surface area (Å²) in [6, 6.07) is 0. The molecule has 0 atom stereocenters. The lowest BCUT2D eigenvalue weighted by Gasteiger charge is -1.68. The van der Waals surface area contributed by atoms with Gasteiger partial charge in [0.25, 0.3) is 0 Å². The maximum atomic E-state index is 8.74. The van der Waals surface area contributed by atoms with Crippen molar-refractivity contribution in [2.45, 2.75) is 0 Å². The van der Waals surface area contributed by atoms with Crippen molar-refractivity contribution in [2.24, 2.45) is 0 Å². The van der Waals surface area contributed by atoms with Crippen molar-refractivity contribution in [1.29, 1.82) is 0 Å². The van der Waals surface area contributed by atoms with Crippen molar-refractivity contribution < 1.29 is 17.5 Å². The first-order chi connectivity index (χ1) is 3.91. The molecule has 0 aliphatic carbocycles. The fraction of sp³-hybridized carbons (Fsp3) is 0. The molecule has 0 heterocycles. The van der Waals surface area contributed by atoms with Crippen LogP contribution in [0.2, 0.25) is 0 Å². The van der Waals surface area contributed by atoms with Crippen molar-refractivity contribution >= 4 is 10.4 Å². The normalized spacial score (nSPS) is 8.11. The van der Waals surface area contributed by atoms with Crippen LogP contribution in [0.3, 0.4) is 0 Å². The molecule has 0 aliphatic heterocycles. The van der Waals surface area contributed by atoms with E-state index in [0.717, 1.165) is 0 Å². The van der Waals surface area contributed by atoms with Gasteiger partial charge in [0.2, 0.25) is 0 Å². The zero-order valence-corrected chi connectivity index (χ0v) is 5.30. The average molecular weight is 150 g/mol. The van der Waals surface area contributed by atoms with Gasteiger partial charge in [0.05, 0.1) is 0 Å². The number of hydrogen-bond donors (Lipinski definition) is 2. The summed E-state index contributed by atoms with van der Waals surface area (Å²) in [4.78, 5) is 0. The summed E-state index contributed by atoms with van der Waals surface area (Å²) in [5, 5.41) is 0. The van der Waals surface area contributed by atoms with E-state index >= 15 is 0 Å². The Morgan fingerprint density at radius 3 is 1.67 bits per heavy atom. The Balaban J connectivity index is 0. The lowest BCUT2D eigenvalue weighted by molar-refractivity contribution is 0.381. The molecule has 0 aromatic rings. The second-order valence-corrected chi connectivity index (χ2v) is 1.71. The molecule has 0 radical (unpaired) electrons. The lowest BCUT2D eigenvalue weighted by Crippen LogP contribution is -1.89. The first kappa shape index (κ1) is 11.0. The quantitative estimate of drug-likeness (QED) is 0.381. The molecule has 9 heavy (non-hydrogen) atoms. The molecule has 0 saturated heterocycles. The molecule has 0 saturated carbocycles. The highest BCUT2D eigenvalue weighted by Crippen LogP contribution is 1.59. The third kappa shape index (κ3) is 6630. The van der Waals surface area contributed by atoms with Crippen LogP contribution in [0.1, 0.15) is 0 Å². The van der Waals surface area contributed by atoms with Crippen LogP contribution in [0.15, 0.2) is 12.7 Å². The molecule has 2 N–H and O–H groups in total. The van der Waals surface area contributed by atoms with Gasteiger partial charge in [-0.1, -0.05) is 12.5 Å². The van der Waals surface area contributed by atoms with Gasteiger partial charge in [-0.25, -0.2) is 0 Å². The maximum absolute atomic E-state index is 8.74. The number of rotatable bonds is 0. The molecule has 0 amide bonds. The minimum atomic E-state index is -4.67. The third-order valence-electron chi connectivity index (χ3n) is 0.118. The summed E-state index contributed by atoms with van der Waals surface area (Å²) < 4.78 is 31.6. The van der Waals surface area contributed by atoms with E-state index in [4.69, 9.17) is 17.5 Å². The number of allylic oxidation sites excluding steroid dienone is 1. The summed E-state index contributed by atoms with van der Waals surface area (Å²) in [6.07, 6.45) is 6.06. The van der Waals surface area contributed by atoms with E-state index in [0.29, 0.717) is 0 Å². The van der Waals surface area contributed by atoms with Crippen molar-refractivity contribution in [1.82, 2.24) is 0 Å². The van der Waals surface area contributed by atoms with E-state index in [1.54, 1.807) is 0 Å². The van der Waals surface area contributed by atoms with Gasteiger partial charge in [-0.3, -0.25) is 9.11 Å². The first-order valence-corrected chi connectivity index (χ1v) is 3.08. The van der Waals surface area contributed by atoms with E-state index in [1.807, 2.05) is 0 Å². The number of terminal acetylenes is 1. The standard InChI is InChI=1S/C4H4.H2O4S/c1-3-4-2;1-5(2,3)4/h1,4H,2H2;(H2,1,2,3,4). The Morgan fingerprint density at radius 1 is 1.56 bits per heavy atom. The summed E-state index contributed by atoms with van der Waals surface area (Å²) in [7, 11) is -4.67. The van der Waals surface area contributed by atoms with Crippen LogP contribution in [0.5, 0.6) is 0 Å². The van der Waals surface area contributed by atoms with Crippen LogP contribution in [0.25, 0.3) is 0 Å². The van der Waals surface area contributed by atoms with Gasteiger partial charge >= 0.3 is 10.4 Å². The zero-order chi connectivity index (χ0) is 7.91. The highest BCUT2D eigenvalue weighted by molar-refractivity contribution is 7.79. The zero-order valence-electron chi connectivity index (χ0n) is 4.48.